The van der Waals surface area contributed by atoms with E-state index in [4.69, 9.17) is 0 Å². The van der Waals surface area contributed by atoms with E-state index in [-0.39, 0.29) is 0 Å². The van der Waals surface area contributed by atoms with Gasteiger partial charge in [-0.2, -0.15) is 0 Å². The summed E-state index contributed by atoms with van der Waals surface area (Å²) in [5.74, 6) is 0. The third-order valence-corrected chi connectivity index (χ3v) is 3.43. The lowest BCUT2D eigenvalue weighted by Crippen LogP contribution is -1.82. The van der Waals surface area contributed by atoms with Crippen LogP contribution in [0.25, 0.3) is 21.9 Å². The summed E-state index contributed by atoms with van der Waals surface area (Å²) in [6.07, 6.45) is 0. The average molecular weight is 245 g/mol. The number of rotatable bonds is 2. The number of hydrogen-bond acceptors (Lipinski definition) is 1. The maximum absolute atomic E-state index is 4.10. The number of aryl methyl sites for hydroxylation is 1. The van der Waals surface area contributed by atoms with Gasteiger partial charge in [0.1, 0.15) is 0 Å². The topological polar surface area (TPSA) is 12.4 Å². The summed E-state index contributed by atoms with van der Waals surface area (Å²) >= 11 is 0. The zero-order valence-corrected chi connectivity index (χ0v) is 10.9. The molecule has 3 aromatic rings. The highest BCUT2D eigenvalue weighted by Crippen LogP contribution is 2.34. The first-order chi connectivity index (χ1) is 9.29. The van der Waals surface area contributed by atoms with Crippen molar-refractivity contribution >= 4 is 23.2 Å². The van der Waals surface area contributed by atoms with E-state index in [1.54, 1.807) is 0 Å². The molecule has 0 bridgehead atoms. The second-order valence-electron chi connectivity index (χ2n) is 4.70. The van der Waals surface area contributed by atoms with Crippen molar-refractivity contribution in [1.29, 1.82) is 0 Å². The van der Waals surface area contributed by atoms with Crippen LogP contribution in [0, 0.1) is 6.92 Å². The van der Waals surface area contributed by atoms with Crippen molar-refractivity contribution in [3.8, 4) is 11.1 Å². The Balaban J connectivity index is 2.30. The summed E-state index contributed by atoms with van der Waals surface area (Å²) < 4.78 is 0. The molecule has 3 aromatic carbocycles. The molecule has 0 spiro atoms. The highest BCUT2D eigenvalue weighted by Gasteiger charge is 2.06. The van der Waals surface area contributed by atoms with Crippen molar-refractivity contribution in [1.82, 2.24) is 0 Å². The van der Waals surface area contributed by atoms with Gasteiger partial charge in [0.2, 0.25) is 0 Å². The molecule has 0 aliphatic carbocycles. The van der Waals surface area contributed by atoms with Gasteiger partial charge in [0.15, 0.2) is 0 Å². The smallest absolute Gasteiger partial charge is 0.0701 e. The van der Waals surface area contributed by atoms with Crippen LogP contribution in [0.2, 0.25) is 0 Å². The van der Waals surface area contributed by atoms with Gasteiger partial charge in [0.05, 0.1) is 5.69 Å². The molecule has 0 amide bonds. The predicted octanol–water partition coefficient (Wildman–Crippen LogP) is 5.15. The number of benzene rings is 3. The van der Waals surface area contributed by atoms with Gasteiger partial charge in [-0.3, -0.25) is 4.99 Å². The van der Waals surface area contributed by atoms with Gasteiger partial charge in [0.25, 0.3) is 0 Å². The minimum atomic E-state index is 0.937. The third kappa shape index (κ3) is 2.04. The van der Waals surface area contributed by atoms with E-state index in [1.807, 2.05) is 12.1 Å². The molecular formula is C18H15N. The summed E-state index contributed by atoms with van der Waals surface area (Å²) in [7, 11) is 0. The largest absolute Gasteiger partial charge is 0.264 e. The van der Waals surface area contributed by atoms with E-state index in [1.165, 1.54) is 22.1 Å². The summed E-state index contributed by atoms with van der Waals surface area (Å²) in [4.78, 5) is 4.10. The first-order valence-electron chi connectivity index (χ1n) is 6.35. The highest BCUT2D eigenvalue weighted by atomic mass is 14.7. The SMILES string of the molecule is C=Nc1ccc(-c2ccc(C)cc2)c2ccccc12. The van der Waals surface area contributed by atoms with E-state index in [0.717, 1.165) is 11.1 Å². The van der Waals surface area contributed by atoms with E-state index in [2.05, 4.69) is 67.2 Å². The molecular weight excluding hydrogens is 230 g/mol. The monoisotopic (exact) mass is 245 g/mol. The van der Waals surface area contributed by atoms with Crippen LogP contribution in [0.5, 0.6) is 0 Å². The fourth-order valence-corrected chi connectivity index (χ4v) is 2.41. The van der Waals surface area contributed by atoms with E-state index in [9.17, 15) is 0 Å². The Bertz CT molecular complexity index is 739. The Morgan fingerprint density at radius 1 is 0.789 bits per heavy atom. The molecule has 0 unspecified atom stereocenters. The Labute approximate surface area is 113 Å². The molecule has 0 fully saturated rings. The molecule has 0 N–H and O–H groups in total. The van der Waals surface area contributed by atoms with Crippen molar-refractivity contribution < 1.29 is 0 Å². The first kappa shape index (κ1) is 11.7. The summed E-state index contributed by atoms with van der Waals surface area (Å²) in [6, 6.07) is 21.1. The molecule has 0 saturated heterocycles. The Hall–Kier alpha value is -2.41. The van der Waals surface area contributed by atoms with Crippen LogP contribution in [0.1, 0.15) is 5.56 Å². The van der Waals surface area contributed by atoms with E-state index in [0.29, 0.717) is 0 Å². The molecule has 1 heteroatoms. The maximum Gasteiger partial charge on any atom is 0.0701 e. The van der Waals surface area contributed by atoms with Crippen molar-refractivity contribution in [2.75, 3.05) is 0 Å². The molecule has 0 radical (unpaired) electrons. The summed E-state index contributed by atoms with van der Waals surface area (Å²) in [5, 5.41) is 2.37. The molecule has 0 aromatic heterocycles. The Morgan fingerprint density at radius 2 is 1.47 bits per heavy atom. The molecule has 1 nitrogen and oxygen atoms in total. The molecule has 3 rings (SSSR count). The second kappa shape index (κ2) is 4.69. The quantitative estimate of drug-likeness (QED) is 0.554. The molecule has 0 aliphatic heterocycles. The van der Waals surface area contributed by atoms with Crippen LogP contribution in [0.15, 0.2) is 65.7 Å². The Morgan fingerprint density at radius 3 is 2.16 bits per heavy atom. The van der Waals surface area contributed by atoms with Gasteiger partial charge in [-0.1, -0.05) is 60.2 Å². The molecule has 92 valence electrons. The van der Waals surface area contributed by atoms with Crippen LogP contribution in [0.4, 0.5) is 5.69 Å². The van der Waals surface area contributed by atoms with Crippen molar-refractivity contribution in [2.24, 2.45) is 4.99 Å². The van der Waals surface area contributed by atoms with Gasteiger partial charge in [0, 0.05) is 5.39 Å². The van der Waals surface area contributed by atoms with E-state index < -0.39 is 0 Å². The molecule has 0 heterocycles. The van der Waals surface area contributed by atoms with Crippen LogP contribution < -0.4 is 0 Å². The van der Waals surface area contributed by atoms with E-state index >= 15 is 0 Å². The molecule has 0 atom stereocenters. The standard InChI is InChI=1S/C18H15N/c1-13-7-9-14(10-8-13)15-11-12-18(19-2)17-6-4-3-5-16(15)17/h3-12H,2H2,1H3. The van der Waals surface area contributed by atoms with Crippen LogP contribution in [-0.4, -0.2) is 6.72 Å². The zero-order chi connectivity index (χ0) is 13.2. The van der Waals surface area contributed by atoms with Gasteiger partial charge in [-0.25, -0.2) is 0 Å². The van der Waals surface area contributed by atoms with Crippen LogP contribution >= 0.6 is 0 Å². The number of aliphatic imine (C=N–C) groups is 1. The van der Waals surface area contributed by atoms with Crippen molar-refractivity contribution in [3.05, 3.63) is 66.2 Å². The molecule has 19 heavy (non-hydrogen) atoms. The lowest BCUT2D eigenvalue weighted by molar-refractivity contribution is 1.47. The normalized spacial score (nSPS) is 10.6. The van der Waals surface area contributed by atoms with Crippen LogP contribution in [-0.2, 0) is 0 Å². The lowest BCUT2D eigenvalue weighted by atomic mass is 9.97. The predicted molar refractivity (Wildman–Crippen MR) is 83.3 cm³/mol. The van der Waals surface area contributed by atoms with Gasteiger partial charge >= 0.3 is 0 Å². The molecule has 0 saturated carbocycles. The summed E-state index contributed by atoms with van der Waals surface area (Å²) in [6.45, 7) is 5.75. The fourth-order valence-electron chi connectivity index (χ4n) is 2.41. The minimum absolute atomic E-state index is 0.937. The number of fused-ring (bicyclic) bond motifs is 1. The maximum atomic E-state index is 4.10. The zero-order valence-electron chi connectivity index (χ0n) is 10.9. The Kier molecular flexibility index (Phi) is 2.88. The van der Waals surface area contributed by atoms with Gasteiger partial charge in [-0.15, -0.1) is 0 Å². The van der Waals surface area contributed by atoms with Crippen molar-refractivity contribution in [3.63, 3.8) is 0 Å². The number of nitrogens with zero attached hydrogens (tertiary/aromatic N) is 1. The number of hydrogen-bond donors (Lipinski definition) is 0. The van der Waals surface area contributed by atoms with Crippen molar-refractivity contribution in [2.45, 2.75) is 6.92 Å². The summed E-state index contributed by atoms with van der Waals surface area (Å²) in [5.41, 5.74) is 4.68. The fraction of sp³-hybridized carbons (Fsp3) is 0.0556. The van der Waals surface area contributed by atoms with Gasteiger partial charge in [-0.05, 0) is 36.2 Å². The highest BCUT2D eigenvalue weighted by molar-refractivity contribution is 6.02. The first-order valence-corrected chi connectivity index (χ1v) is 6.35. The average Bonchev–Trinajstić information content (AvgIpc) is 2.47. The van der Waals surface area contributed by atoms with Gasteiger partial charge < -0.3 is 0 Å². The molecule has 0 aliphatic rings. The third-order valence-electron chi connectivity index (χ3n) is 3.43. The van der Waals surface area contributed by atoms with Crippen LogP contribution in [0.3, 0.4) is 0 Å². The second-order valence-corrected chi connectivity index (χ2v) is 4.70. The minimum Gasteiger partial charge on any atom is -0.264 e. The lowest BCUT2D eigenvalue weighted by Gasteiger charge is -2.09.